The average molecular weight is 347 g/mol. The van der Waals surface area contributed by atoms with E-state index in [0.29, 0.717) is 11.3 Å². The van der Waals surface area contributed by atoms with Crippen LogP contribution in [0.25, 0.3) is 11.3 Å². The molecule has 2 aliphatic rings. The summed E-state index contributed by atoms with van der Waals surface area (Å²) in [6.07, 6.45) is 5.82. The maximum atomic E-state index is 9.54. The number of anilines is 2. The maximum Gasteiger partial charge on any atom is 0.245 e. The molecule has 4 heterocycles. The fourth-order valence-corrected chi connectivity index (χ4v) is 3.78. The summed E-state index contributed by atoms with van der Waals surface area (Å²) < 4.78 is 4.76. The third kappa shape index (κ3) is 3.52. The van der Waals surface area contributed by atoms with Crippen LogP contribution in [0, 0.1) is 0 Å². The van der Waals surface area contributed by atoms with Crippen LogP contribution in [0.15, 0.2) is 4.63 Å². The lowest BCUT2D eigenvalue weighted by Crippen LogP contribution is -2.44. The van der Waals surface area contributed by atoms with Crippen LogP contribution in [0.5, 0.6) is 0 Å². The Kier molecular flexibility index (Phi) is 4.93. The zero-order valence-corrected chi connectivity index (χ0v) is 14.4. The Bertz CT molecular complexity index is 701. The molecule has 0 spiro atoms. The van der Waals surface area contributed by atoms with Gasteiger partial charge in [0.15, 0.2) is 11.6 Å². The van der Waals surface area contributed by atoms with Crippen molar-refractivity contribution in [1.82, 2.24) is 25.2 Å². The first-order valence-corrected chi connectivity index (χ1v) is 9.19. The Hall–Kier alpha value is -2.00. The first-order valence-electron chi connectivity index (χ1n) is 9.19. The van der Waals surface area contributed by atoms with Gasteiger partial charge in [-0.3, -0.25) is 4.90 Å². The number of fused-ring (bicyclic) bond motifs is 1. The fraction of sp³-hybridized carbons (Fsp3) is 0.750. The van der Waals surface area contributed by atoms with E-state index in [4.69, 9.17) is 4.63 Å². The Morgan fingerprint density at radius 2 is 1.80 bits per heavy atom. The second-order valence-corrected chi connectivity index (χ2v) is 6.80. The normalized spacial score (nSPS) is 22.0. The van der Waals surface area contributed by atoms with Gasteiger partial charge in [-0.25, -0.2) is 14.6 Å². The molecule has 0 saturated carbocycles. The number of hydrogen-bond acceptors (Lipinski definition) is 9. The Morgan fingerprint density at radius 1 is 1.04 bits per heavy atom. The summed E-state index contributed by atoms with van der Waals surface area (Å²) >= 11 is 0. The molecule has 0 amide bonds. The molecule has 136 valence electrons. The van der Waals surface area contributed by atoms with Crippen LogP contribution in [0.4, 0.5) is 11.6 Å². The van der Waals surface area contributed by atoms with Crippen molar-refractivity contribution >= 4 is 22.9 Å². The second-order valence-electron chi connectivity index (χ2n) is 6.80. The van der Waals surface area contributed by atoms with Crippen molar-refractivity contribution in [3.8, 4) is 0 Å². The van der Waals surface area contributed by atoms with E-state index in [1.807, 2.05) is 0 Å². The van der Waals surface area contributed by atoms with Gasteiger partial charge < -0.3 is 15.3 Å². The monoisotopic (exact) mass is 347 g/mol. The van der Waals surface area contributed by atoms with Gasteiger partial charge in [-0.1, -0.05) is 6.42 Å². The summed E-state index contributed by atoms with van der Waals surface area (Å²) in [5.41, 5.74) is 0.875. The number of likely N-dealkylation sites (tertiary alicyclic amines) is 1. The standard InChI is InChI=1S/C16H25N7O2/c24-11-12-5-1-2-7-22(12)10-6-17-15-16(23-8-3-4-9-23)19-14-13(18-15)20-25-21-14/h12,24H,1-11H2,(H,17,18,20). The number of nitrogens with zero attached hydrogens (tertiary/aromatic N) is 6. The first-order chi connectivity index (χ1) is 12.3. The molecule has 2 saturated heterocycles. The van der Waals surface area contributed by atoms with E-state index in [0.717, 1.165) is 50.8 Å². The molecule has 9 heteroatoms. The van der Waals surface area contributed by atoms with Gasteiger partial charge in [0.1, 0.15) is 0 Å². The largest absolute Gasteiger partial charge is 0.395 e. The molecule has 2 fully saturated rings. The second kappa shape index (κ2) is 7.49. The summed E-state index contributed by atoms with van der Waals surface area (Å²) in [7, 11) is 0. The highest BCUT2D eigenvalue weighted by Crippen LogP contribution is 2.26. The molecule has 4 rings (SSSR count). The van der Waals surface area contributed by atoms with E-state index in [9.17, 15) is 5.11 Å². The Labute approximate surface area is 146 Å². The SMILES string of the molecule is OCC1CCCCN1CCNc1nc2nonc2nc1N1CCCC1. The third-order valence-electron chi connectivity index (χ3n) is 5.15. The van der Waals surface area contributed by atoms with Crippen molar-refractivity contribution in [3.63, 3.8) is 0 Å². The molecule has 2 aliphatic heterocycles. The molecule has 25 heavy (non-hydrogen) atoms. The van der Waals surface area contributed by atoms with Crippen molar-refractivity contribution in [1.29, 1.82) is 0 Å². The van der Waals surface area contributed by atoms with E-state index < -0.39 is 0 Å². The molecule has 0 bridgehead atoms. The van der Waals surface area contributed by atoms with Crippen LogP contribution in [0.1, 0.15) is 32.1 Å². The first kappa shape index (κ1) is 16.5. The van der Waals surface area contributed by atoms with E-state index in [1.165, 1.54) is 25.7 Å². The molecule has 9 nitrogen and oxygen atoms in total. The lowest BCUT2D eigenvalue weighted by molar-refractivity contribution is 0.0940. The zero-order valence-electron chi connectivity index (χ0n) is 14.4. The van der Waals surface area contributed by atoms with E-state index in [-0.39, 0.29) is 12.6 Å². The number of rotatable bonds is 6. The molecular weight excluding hydrogens is 322 g/mol. The van der Waals surface area contributed by atoms with E-state index in [1.54, 1.807) is 0 Å². The summed E-state index contributed by atoms with van der Waals surface area (Å²) in [4.78, 5) is 13.7. The fourth-order valence-electron chi connectivity index (χ4n) is 3.78. The predicted octanol–water partition coefficient (Wildman–Crippen LogP) is 0.872. The number of aliphatic hydroxyl groups is 1. The van der Waals surface area contributed by atoms with Crippen LogP contribution in [-0.2, 0) is 0 Å². The van der Waals surface area contributed by atoms with Gasteiger partial charge in [-0.2, -0.15) is 0 Å². The van der Waals surface area contributed by atoms with Gasteiger partial charge in [-0.15, -0.1) is 0 Å². The van der Waals surface area contributed by atoms with Crippen LogP contribution < -0.4 is 10.2 Å². The summed E-state index contributed by atoms with van der Waals surface area (Å²) in [6, 6.07) is 0.280. The molecule has 0 aromatic carbocycles. The molecule has 0 aliphatic carbocycles. The van der Waals surface area contributed by atoms with Gasteiger partial charge in [0.25, 0.3) is 0 Å². The molecule has 2 aromatic heterocycles. The minimum absolute atomic E-state index is 0.232. The molecule has 1 atom stereocenters. The number of nitrogens with one attached hydrogen (secondary N) is 1. The maximum absolute atomic E-state index is 9.54. The Morgan fingerprint density at radius 3 is 2.60 bits per heavy atom. The van der Waals surface area contributed by atoms with Crippen molar-refractivity contribution in [2.24, 2.45) is 0 Å². The zero-order chi connectivity index (χ0) is 17.1. The minimum atomic E-state index is 0.232. The number of piperidine rings is 1. The summed E-state index contributed by atoms with van der Waals surface area (Å²) in [5, 5.41) is 20.6. The number of hydrogen-bond donors (Lipinski definition) is 2. The highest BCUT2D eigenvalue weighted by atomic mass is 16.6. The van der Waals surface area contributed by atoms with Crippen LogP contribution in [-0.4, -0.2) is 75.7 Å². The predicted molar refractivity (Wildman–Crippen MR) is 93.6 cm³/mol. The van der Waals surface area contributed by atoms with E-state index >= 15 is 0 Å². The molecule has 1 unspecified atom stereocenters. The van der Waals surface area contributed by atoms with Gasteiger partial charge in [-0.05, 0) is 42.5 Å². The quantitative estimate of drug-likeness (QED) is 0.787. The molecule has 2 N–H and O–H groups in total. The van der Waals surface area contributed by atoms with E-state index in [2.05, 4.69) is 35.4 Å². The highest BCUT2D eigenvalue weighted by Gasteiger charge is 2.23. The van der Waals surface area contributed by atoms with Gasteiger partial charge >= 0.3 is 0 Å². The molecule has 2 aromatic rings. The lowest BCUT2D eigenvalue weighted by atomic mass is 10.0. The topological polar surface area (TPSA) is 103 Å². The lowest BCUT2D eigenvalue weighted by Gasteiger charge is -2.34. The van der Waals surface area contributed by atoms with Crippen molar-refractivity contribution in [3.05, 3.63) is 0 Å². The summed E-state index contributed by atoms with van der Waals surface area (Å²) in [6.45, 7) is 4.88. The highest BCUT2D eigenvalue weighted by molar-refractivity contribution is 5.74. The Balaban J connectivity index is 1.47. The minimum Gasteiger partial charge on any atom is -0.395 e. The van der Waals surface area contributed by atoms with Crippen molar-refractivity contribution in [2.75, 3.05) is 49.5 Å². The summed E-state index contributed by atoms with van der Waals surface area (Å²) in [5.74, 6) is 1.57. The molecular formula is C16H25N7O2. The van der Waals surface area contributed by atoms with Crippen LogP contribution in [0.3, 0.4) is 0 Å². The smallest absolute Gasteiger partial charge is 0.245 e. The van der Waals surface area contributed by atoms with Gasteiger partial charge in [0.05, 0.1) is 6.61 Å². The van der Waals surface area contributed by atoms with Crippen LogP contribution >= 0.6 is 0 Å². The van der Waals surface area contributed by atoms with Crippen molar-refractivity contribution < 1.29 is 9.74 Å². The molecule has 0 radical (unpaired) electrons. The average Bonchev–Trinajstić information content (AvgIpc) is 3.32. The van der Waals surface area contributed by atoms with Crippen molar-refractivity contribution in [2.45, 2.75) is 38.1 Å². The van der Waals surface area contributed by atoms with Gasteiger partial charge in [0, 0.05) is 32.2 Å². The van der Waals surface area contributed by atoms with Crippen LogP contribution in [0.2, 0.25) is 0 Å². The third-order valence-corrected chi connectivity index (χ3v) is 5.15. The number of aliphatic hydroxyl groups excluding tert-OH is 1. The van der Waals surface area contributed by atoms with Gasteiger partial charge in [0.2, 0.25) is 11.3 Å². The number of aromatic nitrogens is 4.